The molecule has 0 radical (unpaired) electrons. The lowest BCUT2D eigenvalue weighted by atomic mass is 10.2. The van der Waals surface area contributed by atoms with Gasteiger partial charge in [0.15, 0.2) is 0 Å². The highest BCUT2D eigenvalue weighted by Crippen LogP contribution is 2.21. The lowest BCUT2D eigenvalue weighted by molar-refractivity contribution is -0.0270. The van der Waals surface area contributed by atoms with Crippen LogP contribution in [0.2, 0.25) is 0 Å². The van der Waals surface area contributed by atoms with E-state index < -0.39 is 0 Å². The van der Waals surface area contributed by atoms with Gasteiger partial charge in [-0.1, -0.05) is 24.3 Å². The van der Waals surface area contributed by atoms with Gasteiger partial charge in [-0.3, -0.25) is 0 Å². The lowest BCUT2D eigenvalue weighted by Gasteiger charge is -2.38. The Kier molecular flexibility index (Phi) is 6.52. The summed E-state index contributed by atoms with van der Waals surface area (Å²) in [6, 6.07) is 18.0. The zero-order valence-corrected chi connectivity index (χ0v) is 16.4. The van der Waals surface area contributed by atoms with Gasteiger partial charge in [0.1, 0.15) is 19.0 Å². The Labute approximate surface area is 171 Å². The van der Waals surface area contributed by atoms with Crippen molar-refractivity contribution in [2.75, 3.05) is 44.7 Å². The van der Waals surface area contributed by atoms with Crippen LogP contribution >= 0.6 is 0 Å². The van der Waals surface area contributed by atoms with E-state index in [-0.39, 0.29) is 0 Å². The molecule has 7 heteroatoms. The van der Waals surface area contributed by atoms with Crippen LogP contribution in [0.15, 0.2) is 79.1 Å². The van der Waals surface area contributed by atoms with Gasteiger partial charge in [-0.05, 0) is 24.3 Å². The van der Waals surface area contributed by atoms with E-state index >= 15 is 0 Å². The van der Waals surface area contributed by atoms with Crippen LogP contribution in [0.3, 0.4) is 0 Å². The molecule has 1 fully saturated rings. The van der Waals surface area contributed by atoms with Crippen LogP contribution in [0.25, 0.3) is 0 Å². The number of nitrogens with zero attached hydrogens (tertiary/aromatic N) is 2. The van der Waals surface area contributed by atoms with Gasteiger partial charge >= 0.3 is 0 Å². The van der Waals surface area contributed by atoms with Gasteiger partial charge in [-0.25, -0.2) is 10.0 Å². The molecule has 2 aliphatic heterocycles. The van der Waals surface area contributed by atoms with Crippen LogP contribution in [-0.2, 0) is 4.74 Å². The fourth-order valence-corrected chi connectivity index (χ4v) is 3.24. The fourth-order valence-electron chi connectivity index (χ4n) is 3.24. The minimum absolute atomic E-state index is 0.459. The number of piperazine rings is 1. The predicted octanol–water partition coefficient (Wildman–Crippen LogP) is 2.82. The summed E-state index contributed by atoms with van der Waals surface area (Å²) in [6.07, 6.45) is 5.75. The molecule has 0 unspecified atom stereocenters. The average Bonchev–Trinajstić information content (AvgIpc) is 2.79. The highest BCUT2D eigenvalue weighted by Gasteiger charge is 2.21. The van der Waals surface area contributed by atoms with Gasteiger partial charge < -0.3 is 25.4 Å². The summed E-state index contributed by atoms with van der Waals surface area (Å²) in [5, 5.41) is 14.2. The number of ether oxygens (including phenoxy) is 2. The summed E-state index contributed by atoms with van der Waals surface area (Å²) in [6.45, 7) is 4.76. The van der Waals surface area contributed by atoms with Crippen molar-refractivity contribution in [1.29, 1.82) is 0 Å². The first-order chi connectivity index (χ1) is 14.4. The topological polar surface area (TPSA) is 61.0 Å². The molecule has 0 spiro atoms. The number of anilines is 2. The molecule has 0 aliphatic carbocycles. The molecule has 0 aromatic heterocycles. The summed E-state index contributed by atoms with van der Waals surface area (Å²) < 4.78 is 11.9. The first-order valence-corrected chi connectivity index (χ1v) is 9.94. The number of nitrogens with one attached hydrogen (secondary N) is 3. The van der Waals surface area contributed by atoms with Gasteiger partial charge in [-0.15, -0.1) is 0 Å². The Morgan fingerprint density at radius 1 is 0.897 bits per heavy atom. The molecule has 3 N–H and O–H groups in total. The van der Waals surface area contributed by atoms with Crippen molar-refractivity contribution in [3.8, 4) is 5.75 Å². The number of para-hydroxylation sites is 1. The third kappa shape index (κ3) is 5.43. The highest BCUT2D eigenvalue weighted by atomic mass is 16.5. The average molecular weight is 393 g/mol. The van der Waals surface area contributed by atoms with Crippen molar-refractivity contribution < 1.29 is 9.47 Å². The molecular formula is C22H27N5O2. The number of hydrogen-bond donors (Lipinski definition) is 3. The molecule has 0 amide bonds. The van der Waals surface area contributed by atoms with E-state index in [9.17, 15) is 0 Å². The minimum Gasteiger partial charge on any atom is -0.490 e. The lowest BCUT2D eigenvalue weighted by Crippen LogP contribution is -2.51. The molecule has 29 heavy (non-hydrogen) atoms. The number of hydrazine groups is 1. The maximum atomic E-state index is 5.97. The Bertz CT molecular complexity index is 834. The Morgan fingerprint density at radius 2 is 1.69 bits per heavy atom. The molecular weight excluding hydrogens is 366 g/mol. The quantitative estimate of drug-likeness (QED) is 0.596. The van der Waals surface area contributed by atoms with Crippen LogP contribution < -0.4 is 20.7 Å². The number of hydrogen-bond acceptors (Lipinski definition) is 7. The molecule has 2 heterocycles. The van der Waals surface area contributed by atoms with Crippen molar-refractivity contribution >= 4 is 11.4 Å². The minimum atomic E-state index is 0.459. The van der Waals surface area contributed by atoms with Crippen LogP contribution in [-0.4, -0.2) is 49.4 Å². The SMILES string of the molecule is C1=CN(N2CCNCC2)C(OCCOc2cccc(Nc3ccccc3)c2)=CN1. The van der Waals surface area contributed by atoms with E-state index in [1.165, 1.54) is 0 Å². The second-order valence-electron chi connectivity index (χ2n) is 6.73. The summed E-state index contributed by atoms with van der Waals surface area (Å²) in [7, 11) is 0. The maximum Gasteiger partial charge on any atom is 0.225 e. The molecule has 4 rings (SSSR count). The Morgan fingerprint density at radius 3 is 2.55 bits per heavy atom. The molecule has 1 saturated heterocycles. The van der Waals surface area contributed by atoms with E-state index in [2.05, 4.69) is 26.0 Å². The zero-order valence-electron chi connectivity index (χ0n) is 16.4. The van der Waals surface area contributed by atoms with Crippen molar-refractivity contribution in [1.82, 2.24) is 20.7 Å². The largest absolute Gasteiger partial charge is 0.490 e. The second-order valence-corrected chi connectivity index (χ2v) is 6.73. The molecule has 0 bridgehead atoms. The molecule has 0 saturated carbocycles. The summed E-state index contributed by atoms with van der Waals surface area (Å²) >= 11 is 0. The first kappa shape index (κ1) is 19.2. The molecule has 152 valence electrons. The summed E-state index contributed by atoms with van der Waals surface area (Å²) in [4.78, 5) is 0. The van der Waals surface area contributed by atoms with Gasteiger partial charge in [0.25, 0.3) is 0 Å². The third-order valence-electron chi connectivity index (χ3n) is 4.64. The van der Waals surface area contributed by atoms with Crippen molar-refractivity contribution in [3.63, 3.8) is 0 Å². The van der Waals surface area contributed by atoms with E-state index in [1.54, 1.807) is 0 Å². The Balaban J connectivity index is 1.26. The Hall–Kier alpha value is -3.16. The van der Waals surface area contributed by atoms with Crippen LogP contribution in [0.1, 0.15) is 0 Å². The van der Waals surface area contributed by atoms with Crippen LogP contribution in [0.4, 0.5) is 11.4 Å². The summed E-state index contributed by atoms with van der Waals surface area (Å²) in [5.74, 6) is 1.58. The molecule has 2 aromatic carbocycles. The van der Waals surface area contributed by atoms with E-state index in [4.69, 9.17) is 9.47 Å². The van der Waals surface area contributed by atoms with Crippen LogP contribution in [0.5, 0.6) is 5.75 Å². The molecule has 7 nitrogen and oxygen atoms in total. The standard InChI is InChI=1S/C22H27N5O2/c1-2-5-19(6-3-1)25-20-7-4-8-21(17-20)28-15-16-29-22-18-24-11-14-27(22)26-12-9-23-10-13-26/h1-8,11,14,17-18,23-25H,9-10,12-13,15-16H2. The zero-order chi connectivity index (χ0) is 19.7. The van der Waals surface area contributed by atoms with Crippen molar-refractivity contribution in [3.05, 3.63) is 79.1 Å². The van der Waals surface area contributed by atoms with Crippen molar-refractivity contribution in [2.45, 2.75) is 0 Å². The van der Waals surface area contributed by atoms with Crippen LogP contribution in [0, 0.1) is 0 Å². The predicted molar refractivity (Wildman–Crippen MR) is 114 cm³/mol. The van der Waals surface area contributed by atoms with E-state index in [1.807, 2.05) is 73.2 Å². The monoisotopic (exact) mass is 393 g/mol. The summed E-state index contributed by atoms with van der Waals surface area (Å²) in [5.41, 5.74) is 2.04. The molecule has 2 aromatic rings. The maximum absolute atomic E-state index is 5.97. The fraction of sp³-hybridized carbons (Fsp3) is 0.273. The first-order valence-electron chi connectivity index (χ1n) is 9.94. The molecule has 2 aliphatic rings. The van der Waals surface area contributed by atoms with Gasteiger partial charge in [-0.2, -0.15) is 0 Å². The second kappa shape index (κ2) is 9.86. The number of rotatable bonds is 8. The smallest absolute Gasteiger partial charge is 0.225 e. The van der Waals surface area contributed by atoms with Gasteiger partial charge in [0.05, 0.1) is 6.20 Å². The highest BCUT2D eigenvalue weighted by molar-refractivity contribution is 5.60. The normalized spacial score (nSPS) is 16.7. The van der Waals surface area contributed by atoms with Crippen molar-refractivity contribution in [2.24, 2.45) is 0 Å². The number of benzene rings is 2. The third-order valence-corrected chi connectivity index (χ3v) is 4.64. The molecule has 0 atom stereocenters. The van der Waals surface area contributed by atoms with E-state index in [0.29, 0.717) is 13.2 Å². The van der Waals surface area contributed by atoms with Gasteiger partial charge in [0.2, 0.25) is 5.88 Å². The van der Waals surface area contributed by atoms with Gasteiger partial charge in [0, 0.05) is 56.0 Å². The van der Waals surface area contributed by atoms with E-state index in [0.717, 1.165) is 49.2 Å².